The normalized spacial score (nSPS) is 16.4. The highest BCUT2D eigenvalue weighted by atomic mass is 16.7. The Morgan fingerprint density at radius 1 is 1.05 bits per heavy atom. The summed E-state index contributed by atoms with van der Waals surface area (Å²) in [4.78, 5) is 17.7. The summed E-state index contributed by atoms with van der Waals surface area (Å²) in [5.41, 5.74) is 0.925. The van der Waals surface area contributed by atoms with Gasteiger partial charge in [-0.3, -0.25) is 0 Å². The predicted octanol–water partition coefficient (Wildman–Crippen LogP) is 2.66. The fourth-order valence-corrected chi connectivity index (χ4v) is 2.72. The lowest BCUT2D eigenvalue weighted by atomic mass is 9.89. The van der Waals surface area contributed by atoms with Gasteiger partial charge >= 0.3 is 5.97 Å². The molecule has 3 heteroatoms. The van der Waals surface area contributed by atoms with Crippen molar-refractivity contribution in [3.05, 3.63) is 42.6 Å². The van der Waals surface area contributed by atoms with Gasteiger partial charge in [0.1, 0.15) is 0 Å². The van der Waals surface area contributed by atoms with Gasteiger partial charge in [0.2, 0.25) is 6.20 Å². The van der Waals surface area contributed by atoms with Crippen LogP contribution in [0.15, 0.2) is 42.6 Å². The lowest BCUT2D eigenvalue weighted by Gasteiger charge is -2.17. The van der Waals surface area contributed by atoms with Gasteiger partial charge in [-0.2, -0.15) is 4.84 Å². The van der Waals surface area contributed by atoms with Gasteiger partial charge in [0.15, 0.2) is 0 Å². The van der Waals surface area contributed by atoms with Crippen molar-refractivity contribution in [2.45, 2.75) is 32.1 Å². The predicted molar refractivity (Wildman–Crippen MR) is 72.3 cm³/mol. The molecule has 19 heavy (non-hydrogen) atoms. The second-order valence-electron chi connectivity index (χ2n) is 5.14. The summed E-state index contributed by atoms with van der Waals surface area (Å²) in [6.07, 6.45) is 7.24. The molecule has 0 atom stereocenters. The van der Waals surface area contributed by atoms with E-state index in [1.807, 2.05) is 36.4 Å². The summed E-state index contributed by atoms with van der Waals surface area (Å²) >= 11 is 0. The van der Waals surface area contributed by atoms with E-state index in [2.05, 4.69) is 0 Å². The first-order chi connectivity index (χ1) is 9.34. The first kappa shape index (κ1) is 12.2. The van der Waals surface area contributed by atoms with Crippen molar-refractivity contribution in [3.8, 4) is 0 Å². The molecule has 0 amide bonds. The van der Waals surface area contributed by atoms with Crippen LogP contribution in [0.1, 0.15) is 32.1 Å². The number of carbonyl (C=O) groups is 1. The molecule has 3 rings (SSSR count). The molecule has 0 radical (unpaired) electrons. The minimum atomic E-state index is -0.0962. The maximum atomic E-state index is 12.2. The molecule has 1 aromatic heterocycles. The van der Waals surface area contributed by atoms with Crippen LogP contribution in [0.3, 0.4) is 0 Å². The van der Waals surface area contributed by atoms with Crippen LogP contribution in [0.25, 0.3) is 10.9 Å². The van der Waals surface area contributed by atoms with Gasteiger partial charge in [-0.25, -0.2) is 4.79 Å². The van der Waals surface area contributed by atoms with Crippen molar-refractivity contribution in [2.24, 2.45) is 5.92 Å². The Morgan fingerprint density at radius 2 is 1.79 bits per heavy atom. The quantitative estimate of drug-likeness (QED) is 0.773. The molecular formula is C16H18NO2+. The molecule has 98 valence electrons. The second kappa shape index (κ2) is 5.39. The van der Waals surface area contributed by atoms with Crippen LogP contribution in [0.2, 0.25) is 0 Å². The number of rotatable bonds is 2. The summed E-state index contributed by atoms with van der Waals surface area (Å²) in [7, 11) is 0. The summed E-state index contributed by atoms with van der Waals surface area (Å²) in [5, 5.41) is 1.07. The molecule has 0 spiro atoms. The summed E-state index contributed by atoms with van der Waals surface area (Å²) in [6.45, 7) is 0. The Bertz CT molecular complexity index is 583. The van der Waals surface area contributed by atoms with Crippen LogP contribution in [0.4, 0.5) is 0 Å². The van der Waals surface area contributed by atoms with Gasteiger partial charge < -0.3 is 0 Å². The number of benzene rings is 1. The molecule has 1 saturated carbocycles. The number of hydrogen-bond acceptors (Lipinski definition) is 2. The van der Waals surface area contributed by atoms with Crippen molar-refractivity contribution in [2.75, 3.05) is 0 Å². The number of pyridine rings is 1. The highest BCUT2D eigenvalue weighted by molar-refractivity contribution is 5.76. The third-order valence-corrected chi connectivity index (χ3v) is 3.80. The Hall–Kier alpha value is -1.90. The average Bonchev–Trinajstić information content (AvgIpc) is 2.48. The highest BCUT2D eigenvalue weighted by Gasteiger charge is 2.27. The van der Waals surface area contributed by atoms with Crippen molar-refractivity contribution in [1.82, 2.24) is 0 Å². The zero-order valence-electron chi connectivity index (χ0n) is 10.9. The molecule has 2 aromatic rings. The van der Waals surface area contributed by atoms with E-state index in [0.717, 1.165) is 36.6 Å². The number of para-hydroxylation sites is 1. The molecule has 1 aromatic carbocycles. The minimum absolute atomic E-state index is 0.0696. The zero-order valence-corrected chi connectivity index (χ0v) is 10.9. The van der Waals surface area contributed by atoms with Gasteiger partial charge in [0.25, 0.3) is 5.52 Å². The van der Waals surface area contributed by atoms with E-state index in [-0.39, 0.29) is 11.9 Å². The van der Waals surface area contributed by atoms with Gasteiger partial charge in [0, 0.05) is 16.9 Å². The number of hydrogen-bond donors (Lipinski definition) is 0. The Balaban J connectivity index is 1.82. The highest BCUT2D eigenvalue weighted by Crippen LogP contribution is 2.23. The largest absolute Gasteiger partial charge is 0.383 e. The third-order valence-electron chi connectivity index (χ3n) is 3.80. The van der Waals surface area contributed by atoms with Crippen LogP contribution in [-0.2, 0) is 4.79 Å². The molecular weight excluding hydrogens is 238 g/mol. The molecule has 0 saturated heterocycles. The molecule has 0 unspecified atom stereocenters. The van der Waals surface area contributed by atoms with Crippen molar-refractivity contribution in [3.63, 3.8) is 0 Å². The molecule has 0 bridgehead atoms. The number of aromatic nitrogens is 1. The zero-order chi connectivity index (χ0) is 13.1. The fourth-order valence-electron chi connectivity index (χ4n) is 2.72. The topological polar surface area (TPSA) is 30.2 Å². The number of carbonyl (C=O) groups excluding carboxylic acids is 1. The van der Waals surface area contributed by atoms with E-state index in [1.165, 1.54) is 6.42 Å². The SMILES string of the molecule is O=C(O[n+]1cccc2ccccc21)C1CCCCC1. The van der Waals surface area contributed by atoms with Gasteiger partial charge in [-0.15, -0.1) is 0 Å². The van der Waals surface area contributed by atoms with E-state index >= 15 is 0 Å². The molecule has 3 nitrogen and oxygen atoms in total. The molecule has 1 fully saturated rings. The van der Waals surface area contributed by atoms with Crippen LogP contribution in [-0.4, -0.2) is 5.97 Å². The van der Waals surface area contributed by atoms with E-state index in [0.29, 0.717) is 0 Å². The number of nitrogens with zero attached hydrogens (tertiary/aromatic N) is 1. The van der Waals surface area contributed by atoms with Crippen LogP contribution in [0.5, 0.6) is 0 Å². The summed E-state index contributed by atoms with van der Waals surface area (Å²) in [5.74, 6) is -0.0266. The van der Waals surface area contributed by atoms with E-state index < -0.39 is 0 Å². The Morgan fingerprint density at radius 3 is 2.63 bits per heavy atom. The first-order valence-electron chi connectivity index (χ1n) is 6.96. The average molecular weight is 256 g/mol. The lowest BCUT2D eigenvalue weighted by Crippen LogP contribution is -2.48. The monoisotopic (exact) mass is 256 g/mol. The van der Waals surface area contributed by atoms with Crippen molar-refractivity contribution < 1.29 is 14.4 Å². The molecule has 1 heterocycles. The Labute approximate surface area is 112 Å². The van der Waals surface area contributed by atoms with Crippen LogP contribution >= 0.6 is 0 Å². The summed E-state index contributed by atoms with van der Waals surface area (Å²) < 4.78 is 1.59. The van der Waals surface area contributed by atoms with E-state index in [9.17, 15) is 4.79 Å². The van der Waals surface area contributed by atoms with E-state index in [1.54, 1.807) is 10.9 Å². The van der Waals surface area contributed by atoms with Gasteiger partial charge in [-0.05, 0) is 25.0 Å². The molecule has 0 aliphatic heterocycles. The molecule has 1 aliphatic carbocycles. The van der Waals surface area contributed by atoms with Crippen LogP contribution < -0.4 is 9.57 Å². The lowest BCUT2D eigenvalue weighted by molar-refractivity contribution is -0.849. The maximum absolute atomic E-state index is 12.2. The van der Waals surface area contributed by atoms with Crippen LogP contribution in [0, 0.1) is 5.92 Å². The fraction of sp³-hybridized carbons (Fsp3) is 0.375. The van der Waals surface area contributed by atoms with Crippen molar-refractivity contribution >= 4 is 16.9 Å². The number of fused-ring (bicyclic) bond motifs is 1. The maximum Gasteiger partial charge on any atom is 0.383 e. The summed E-state index contributed by atoms with van der Waals surface area (Å²) in [6, 6.07) is 11.8. The molecule has 1 aliphatic rings. The smallest absolute Gasteiger partial charge is 0.244 e. The third kappa shape index (κ3) is 2.60. The van der Waals surface area contributed by atoms with Gasteiger partial charge in [0.05, 0.1) is 11.3 Å². The second-order valence-corrected chi connectivity index (χ2v) is 5.14. The minimum Gasteiger partial charge on any atom is -0.244 e. The van der Waals surface area contributed by atoms with Gasteiger partial charge in [-0.1, -0.05) is 31.4 Å². The molecule has 0 N–H and O–H groups in total. The Kier molecular flexibility index (Phi) is 3.45. The van der Waals surface area contributed by atoms with E-state index in [4.69, 9.17) is 4.84 Å². The standard InChI is InChI=1S/C16H18NO2/c18-16(14-8-2-1-3-9-14)19-17-12-6-10-13-7-4-5-11-15(13)17/h4-7,10-12,14H,1-3,8-9H2/q+1. The first-order valence-corrected chi connectivity index (χ1v) is 6.96. The van der Waals surface area contributed by atoms with Crippen molar-refractivity contribution in [1.29, 1.82) is 0 Å².